The van der Waals surface area contributed by atoms with Crippen molar-refractivity contribution in [3.63, 3.8) is 0 Å². The van der Waals surface area contributed by atoms with E-state index in [1.54, 1.807) is 17.4 Å². The molecule has 0 aliphatic carbocycles. The van der Waals surface area contributed by atoms with E-state index >= 15 is 0 Å². The zero-order valence-electron chi connectivity index (χ0n) is 18.1. The summed E-state index contributed by atoms with van der Waals surface area (Å²) in [4.78, 5) is 34.5. The highest BCUT2D eigenvalue weighted by Crippen LogP contribution is 2.31. The van der Waals surface area contributed by atoms with Crippen LogP contribution in [0.15, 0.2) is 82.3 Å². The van der Waals surface area contributed by atoms with E-state index < -0.39 is 5.56 Å². The maximum atomic E-state index is 12.8. The van der Waals surface area contributed by atoms with Gasteiger partial charge < -0.3 is 9.73 Å². The van der Waals surface area contributed by atoms with Gasteiger partial charge in [-0.2, -0.15) is 0 Å². The van der Waals surface area contributed by atoms with Crippen molar-refractivity contribution in [2.24, 2.45) is 0 Å². The first kappa shape index (κ1) is 20.3. The number of hydrogen-bond acceptors (Lipinski definition) is 6. The van der Waals surface area contributed by atoms with Crippen LogP contribution in [-0.2, 0) is 11.3 Å². The molecule has 0 aliphatic heterocycles. The molecule has 166 valence electrons. The van der Waals surface area contributed by atoms with Gasteiger partial charge in [0.2, 0.25) is 11.5 Å². The van der Waals surface area contributed by atoms with E-state index in [0.717, 1.165) is 26.2 Å². The summed E-state index contributed by atoms with van der Waals surface area (Å²) in [7, 11) is 0. The molecular formula is C26H18N4O3S. The van der Waals surface area contributed by atoms with Gasteiger partial charge in [-0.1, -0.05) is 18.2 Å². The van der Waals surface area contributed by atoms with Crippen LogP contribution in [0.1, 0.15) is 5.56 Å². The molecule has 0 unspecified atom stereocenters. The molecule has 3 aromatic heterocycles. The lowest BCUT2D eigenvalue weighted by Crippen LogP contribution is -2.27. The lowest BCUT2D eigenvalue weighted by Gasteiger charge is -2.07. The van der Waals surface area contributed by atoms with E-state index in [9.17, 15) is 9.59 Å². The second-order valence-electron chi connectivity index (χ2n) is 8.07. The van der Waals surface area contributed by atoms with Crippen molar-refractivity contribution in [2.45, 2.75) is 13.5 Å². The van der Waals surface area contributed by atoms with Crippen LogP contribution in [0.3, 0.4) is 0 Å². The topological polar surface area (TPSA) is 90.0 Å². The third kappa shape index (κ3) is 3.54. The molecule has 3 heterocycles. The zero-order chi connectivity index (χ0) is 23.2. The average molecular weight is 467 g/mol. The fourth-order valence-electron chi connectivity index (χ4n) is 3.93. The maximum absolute atomic E-state index is 12.8. The Morgan fingerprint density at radius 1 is 1.09 bits per heavy atom. The van der Waals surface area contributed by atoms with Crippen LogP contribution < -0.4 is 10.9 Å². The molecule has 0 radical (unpaired) electrons. The van der Waals surface area contributed by atoms with Crippen LogP contribution in [0.2, 0.25) is 0 Å². The molecule has 8 heteroatoms. The minimum absolute atomic E-state index is 0.145. The van der Waals surface area contributed by atoms with Gasteiger partial charge >= 0.3 is 0 Å². The number of furan rings is 1. The quantitative estimate of drug-likeness (QED) is 0.377. The number of anilines is 1. The highest BCUT2D eigenvalue weighted by atomic mass is 32.1. The molecule has 1 N–H and O–H groups in total. The number of para-hydroxylation sites is 1. The molecule has 0 bridgehead atoms. The largest absolute Gasteiger partial charge is 0.448 e. The second-order valence-corrected chi connectivity index (χ2v) is 9.10. The third-order valence-electron chi connectivity index (χ3n) is 5.62. The number of thiazole rings is 1. The van der Waals surface area contributed by atoms with Gasteiger partial charge in [-0.25, -0.2) is 9.97 Å². The number of carbonyl (C=O) groups is 1. The van der Waals surface area contributed by atoms with E-state index in [1.165, 1.54) is 16.5 Å². The molecule has 6 rings (SSSR count). The SMILES string of the molecule is Cc1ccc2nc(-c3ccc(NC(=O)Cn4cnc5c(oc6ccccc65)c4=O)cc3)sc2c1. The fraction of sp³-hybridized carbons (Fsp3) is 0.0769. The average Bonchev–Trinajstić information content (AvgIpc) is 3.43. The fourth-order valence-corrected chi connectivity index (χ4v) is 5.00. The van der Waals surface area contributed by atoms with Gasteiger partial charge in [0.25, 0.3) is 5.56 Å². The Hall–Kier alpha value is -4.30. The second kappa shape index (κ2) is 7.93. The molecule has 6 aromatic rings. The monoisotopic (exact) mass is 466 g/mol. The molecule has 34 heavy (non-hydrogen) atoms. The van der Waals surface area contributed by atoms with Gasteiger partial charge in [0.05, 0.1) is 16.5 Å². The van der Waals surface area contributed by atoms with Gasteiger partial charge in [0.1, 0.15) is 22.7 Å². The Kier molecular flexibility index (Phi) is 4.74. The van der Waals surface area contributed by atoms with Crippen LogP contribution in [0, 0.1) is 6.92 Å². The van der Waals surface area contributed by atoms with Crippen molar-refractivity contribution in [3.8, 4) is 10.6 Å². The predicted molar refractivity (Wildman–Crippen MR) is 134 cm³/mol. The van der Waals surface area contributed by atoms with E-state index in [1.807, 2.05) is 48.5 Å². The number of amides is 1. The summed E-state index contributed by atoms with van der Waals surface area (Å²) in [5, 5.41) is 4.53. The Balaban J connectivity index is 1.20. The van der Waals surface area contributed by atoms with Crippen LogP contribution in [0.25, 0.3) is 42.9 Å². The highest BCUT2D eigenvalue weighted by molar-refractivity contribution is 7.21. The smallest absolute Gasteiger partial charge is 0.297 e. The highest BCUT2D eigenvalue weighted by Gasteiger charge is 2.15. The third-order valence-corrected chi connectivity index (χ3v) is 6.69. The van der Waals surface area contributed by atoms with Gasteiger partial charge in [0, 0.05) is 16.6 Å². The number of benzene rings is 3. The van der Waals surface area contributed by atoms with Gasteiger partial charge in [-0.3, -0.25) is 14.2 Å². The number of carbonyl (C=O) groups excluding carboxylic acids is 1. The molecule has 3 aromatic carbocycles. The van der Waals surface area contributed by atoms with E-state index in [-0.39, 0.29) is 18.0 Å². The van der Waals surface area contributed by atoms with Crippen LogP contribution >= 0.6 is 11.3 Å². The molecule has 0 spiro atoms. The minimum Gasteiger partial charge on any atom is -0.448 e. The summed E-state index contributed by atoms with van der Waals surface area (Å²) < 4.78 is 8.07. The molecule has 0 aliphatic rings. The Morgan fingerprint density at radius 3 is 2.76 bits per heavy atom. The van der Waals surface area contributed by atoms with Crippen molar-refractivity contribution in [1.29, 1.82) is 0 Å². The summed E-state index contributed by atoms with van der Waals surface area (Å²) in [5.41, 5.74) is 4.64. The maximum Gasteiger partial charge on any atom is 0.297 e. The van der Waals surface area contributed by atoms with Gasteiger partial charge in [-0.15, -0.1) is 11.3 Å². The first-order valence-electron chi connectivity index (χ1n) is 10.7. The van der Waals surface area contributed by atoms with E-state index in [2.05, 4.69) is 29.4 Å². The summed E-state index contributed by atoms with van der Waals surface area (Å²) in [5.74, 6) is -0.331. The Bertz CT molecular complexity index is 1760. The van der Waals surface area contributed by atoms with Gasteiger partial charge in [0.15, 0.2) is 0 Å². The molecule has 1 amide bonds. The molecular weight excluding hydrogens is 448 g/mol. The van der Waals surface area contributed by atoms with Crippen molar-refractivity contribution in [3.05, 3.63) is 89.0 Å². The summed E-state index contributed by atoms with van der Waals surface area (Å²) in [6, 6.07) is 21.0. The van der Waals surface area contributed by atoms with Gasteiger partial charge in [-0.05, 0) is 61.0 Å². The van der Waals surface area contributed by atoms with Crippen LogP contribution in [0.5, 0.6) is 0 Å². The van der Waals surface area contributed by atoms with E-state index in [4.69, 9.17) is 9.40 Å². The first-order valence-corrected chi connectivity index (χ1v) is 11.5. The number of rotatable bonds is 4. The van der Waals surface area contributed by atoms with Crippen LogP contribution in [0.4, 0.5) is 5.69 Å². The molecule has 0 saturated carbocycles. The molecule has 7 nitrogen and oxygen atoms in total. The number of hydrogen-bond donors (Lipinski definition) is 1. The lowest BCUT2D eigenvalue weighted by molar-refractivity contribution is -0.116. The standard InChI is InChI=1S/C26H18N4O3S/c1-15-6-11-19-21(12-15)34-25(29-19)16-7-9-17(10-8-16)28-22(31)13-30-14-27-23-18-4-2-3-5-20(18)33-24(23)26(30)32/h2-12,14H,13H2,1H3,(H,28,31). The van der Waals surface area contributed by atoms with E-state index in [0.29, 0.717) is 16.8 Å². The molecule has 0 atom stereocenters. The summed E-state index contributed by atoms with van der Waals surface area (Å²) in [6.45, 7) is 1.90. The molecule has 0 saturated heterocycles. The Labute approximate surface area is 197 Å². The van der Waals surface area contributed by atoms with Crippen LogP contribution in [-0.4, -0.2) is 20.4 Å². The predicted octanol–water partition coefficient (Wildman–Crippen LogP) is 5.37. The van der Waals surface area contributed by atoms with Crippen molar-refractivity contribution < 1.29 is 9.21 Å². The first-order chi connectivity index (χ1) is 16.5. The zero-order valence-corrected chi connectivity index (χ0v) is 18.9. The number of aromatic nitrogens is 3. The van der Waals surface area contributed by atoms with Crippen molar-refractivity contribution in [1.82, 2.24) is 14.5 Å². The summed E-state index contributed by atoms with van der Waals surface area (Å²) in [6.07, 6.45) is 1.38. The summed E-state index contributed by atoms with van der Waals surface area (Å²) >= 11 is 1.64. The Morgan fingerprint density at radius 2 is 1.91 bits per heavy atom. The normalized spacial score (nSPS) is 11.4. The molecule has 0 fully saturated rings. The van der Waals surface area contributed by atoms with Crippen molar-refractivity contribution >= 4 is 55.2 Å². The minimum atomic E-state index is -0.391. The number of fused-ring (bicyclic) bond motifs is 4. The van der Waals surface area contributed by atoms with Crippen molar-refractivity contribution in [2.75, 3.05) is 5.32 Å². The lowest BCUT2D eigenvalue weighted by atomic mass is 10.2. The number of aryl methyl sites for hydroxylation is 1. The number of nitrogens with one attached hydrogen (secondary N) is 1. The number of nitrogens with zero attached hydrogens (tertiary/aromatic N) is 3.